The lowest BCUT2D eigenvalue weighted by Crippen LogP contribution is -2.40. The molecule has 0 saturated carbocycles. The smallest absolute Gasteiger partial charge is 0.236 e. The number of hydrogen-bond donors (Lipinski definition) is 2. The van der Waals surface area contributed by atoms with Crippen LogP contribution in [0.25, 0.3) is 0 Å². The third-order valence-corrected chi connectivity index (χ3v) is 2.55. The average Bonchev–Trinajstić information content (AvgIpc) is 2.37. The fourth-order valence-corrected chi connectivity index (χ4v) is 1.45. The van der Waals surface area contributed by atoms with Crippen LogP contribution in [0, 0.1) is 5.92 Å². The van der Waals surface area contributed by atoms with Gasteiger partial charge in [0, 0.05) is 6.54 Å². The summed E-state index contributed by atoms with van der Waals surface area (Å²) in [6.45, 7) is 5.52. The molecule has 0 heterocycles. The van der Waals surface area contributed by atoms with Crippen molar-refractivity contribution in [3.8, 4) is 0 Å². The molecule has 1 amide bonds. The number of carbonyl (C=O) groups is 1. The van der Waals surface area contributed by atoms with Gasteiger partial charge >= 0.3 is 0 Å². The lowest BCUT2D eigenvalue weighted by atomic mass is 10.2. The van der Waals surface area contributed by atoms with Gasteiger partial charge in [-0.3, -0.25) is 4.79 Å². The van der Waals surface area contributed by atoms with Gasteiger partial charge in [-0.05, 0) is 18.4 Å². The van der Waals surface area contributed by atoms with Crippen molar-refractivity contribution in [3.63, 3.8) is 0 Å². The molecule has 100 valence electrons. The largest absolute Gasteiger partial charge is 0.376 e. The summed E-state index contributed by atoms with van der Waals surface area (Å²) < 4.78 is 5.59. The highest BCUT2D eigenvalue weighted by atomic mass is 16.5. The van der Waals surface area contributed by atoms with Gasteiger partial charge in [-0.15, -0.1) is 0 Å². The van der Waals surface area contributed by atoms with Crippen LogP contribution in [0.5, 0.6) is 0 Å². The van der Waals surface area contributed by atoms with Crippen molar-refractivity contribution >= 4 is 5.91 Å². The Hall–Kier alpha value is -1.39. The molecule has 1 aromatic carbocycles. The van der Waals surface area contributed by atoms with E-state index in [0.717, 1.165) is 5.56 Å². The summed E-state index contributed by atoms with van der Waals surface area (Å²) in [6.07, 6.45) is 0. The molecule has 1 rings (SSSR count). The van der Waals surface area contributed by atoms with E-state index in [1.807, 2.05) is 37.3 Å². The zero-order chi connectivity index (χ0) is 13.4. The molecule has 0 aliphatic carbocycles. The van der Waals surface area contributed by atoms with Crippen molar-refractivity contribution < 1.29 is 9.53 Å². The topological polar surface area (TPSA) is 64.4 Å². The predicted octanol–water partition coefficient (Wildman–Crippen LogP) is 1.30. The molecule has 18 heavy (non-hydrogen) atoms. The fraction of sp³-hybridized carbons (Fsp3) is 0.500. The molecule has 4 heteroatoms. The van der Waals surface area contributed by atoms with E-state index in [1.165, 1.54) is 0 Å². The van der Waals surface area contributed by atoms with E-state index in [9.17, 15) is 4.79 Å². The molecule has 0 aliphatic heterocycles. The van der Waals surface area contributed by atoms with E-state index >= 15 is 0 Å². The van der Waals surface area contributed by atoms with Crippen LogP contribution >= 0.6 is 0 Å². The number of ether oxygens (including phenoxy) is 1. The first-order valence-corrected chi connectivity index (χ1v) is 6.24. The summed E-state index contributed by atoms with van der Waals surface area (Å²) in [5.74, 6) is 0.154. The van der Waals surface area contributed by atoms with Gasteiger partial charge in [0.2, 0.25) is 5.91 Å². The average molecular weight is 250 g/mol. The Morgan fingerprint density at radius 2 is 2.00 bits per heavy atom. The molecule has 1 aromatic rings. The first-order chi connectivity index (χ1) is 8.59. The van der Waals surface area contributed by atoms with Crippen LogP contribution in [0.15, 0.2) is 30.3 Å². The Bertz CT molecular complexity index is 352. The SMILES string of the molecule is CC(CNC(=O)[C@H](C)N)COCc1ccccc1. The maximum atomic E-state index is 11.3. The molecule has 0 aromatic heterocycles. The number of hydrogen-bond acceptors (Lipinski definition) is 3. The molecule has 0 spiro atoms. The summed E-state index contributed by atoms with van der Waals surface area (Å²) >= 11 is 0. The molecule has 0 bridgehead atoms. The van der Waals surface area contributed by atoms with Crippen LogP contribution in [-0.2, 0) is 16.1 Å². The molecule has 0 aliphatic rings. The molecule has 2 atom stereocenters. The standard InChI is InChI=1S/C14H22N2O2/c1-11(8-16-14(17)12(2)15)9-18-10-13-6-4-3-5-7-13/h3-7,11-12H,8-10,15H2,1-2H3,(H,16,17)/t11?,12-/m0/s1. The summed E-state index contributed by atoms with van der Waals surface area (Å²) in [5, 5.41) is 2.79. The van der Waals surface area contributed by atoms with Gasteiger partial charge in [-0.2, -0.15) is 0 Å². The predicted molar refractivity (Wildman–Crippen MR) is 71.9 cm³/mol. The molecule has 0 fully saturated rings. The quantitative estimate of drug-likeness (QED) is 0.766. The highest BCUT2D eigenvalue weighted by Gasteiger charge is 2.09. The van der Waals surface area contributed by atoms with Crippen LogP contribution in [-0.4, -0.2) is 25.1 Å². The third-order valence-electron chi connectivity index (χ3n) is 2.55. The van der Waals surface area contributed by atoms with Gasteiger partial charge in [-0.1, -0.05) is 37.3 Å². The lowest BCUT2D eigenvalue weighted by Gasteiger charge is -2.14. The maximum Gasteiger partial charge on any atom is 0.236 e. The van der Waals surface area contributed by atoms with Crippen molar-refractivity contribution in [3.05, 3.63) is 35.9 Å². The van der Waals surface area contributed by atoms with E-state index < -0.39 is 6.04 Å². The summed E-state index contributed by atoms with van der Waals surface area (Å²) in [4.78, 5) is 11.3. The molecular weight excluding hydrogens is 228 g/mol. The number of nitrogens with one attached hydrogen (secondary N) is 1. The van der Waals surface area contributed by atoms with Crippen molar-refractivity contribution in [1.29, 1.82) is 0 Å². The lowest BCUT2D eigenvalue weighted by molar-refractivity contribution is -0.122. The van der Waals surface area contributed by atoms with Gasteiger partial charge in [0.15, 0.2) is 0 Å². The molecule has 0 saturated heterocycles. The van der Waals surface area contributed by atoms with Crippen molar-refractivity contribution in [2.75, 3.05) is 13.2 Å². The van der Waals surface area contributed by atoms with Gasteiger partial charge in [-0.25, -0.2) is 0 Å². The summed E-state index contributed by atoms with van der Waals surface area (Å²) in [5.41, 5.74) is 6.61. The van der Waals surface area contributed by atoms with E-state index in [1.54, 1.807) is 6.92 Å². The van der Waals surface area contributed by atoms with Crippen LogP contribution in [0.4, 0.5) is 0 Å². The maximum absolute atomic E-state index is 11.3. The highest BCUT2D eigenvalue weighted by molar-refractivity contribution is 5.80. The van der Waals surface area contributed by atoms with Crippen molar-refractivity contribution in [2.24, 2.45) is 11.7 Å². The third kappa shape index (κ3) is 5.80. The van der Waals surface area contributed by atoms with E-state index in [0.29, 0.717) is 19.8 Å². The number of benzene rings is 1. The van der Waals surface area contributed by atoms with Crippen molar-refractivity contribution in [1.82, 2.24) is 5.32 Å². The first kappa shape index (κ1) is 14.7. The Balaban J connectivity index is 2.14. The fourth-order valence-electron chi connectivity index (χ4n) is 1.45. The van der Waals surface area contributed by atoms with Gasteiger partial charge in [0.05, 0.1) is 19.3 Å². The van der Waals surface area contributed by atoms with Gasteiger partial charge in [0.25, 0.3) is 0 Å². The number of nitrogens with two attached hydrogens (primary N) is 1. The van der Waals surface area contributed by atoms with E-state index in [4.69, 9.17) is 10.5 Å². The van der Waals surface area contributed by atoms with E-state index in [2.05, 4.69) is 5.32 Å². The van der Waals surface area contributed by atoms with Gasteiger partial charge in [0.1, 0.15) is 0 Å². The molecule has 4 nitrogen and oxygen atoms in total. The molecule has 3 N–H and O–H groups in total. The minimum atomic E-state index is -0.456. The minimum absolute atomic E-state index is 0.120. The Labute approximate surface area is 109 Å². The van der Waals surface area contributed by atoms with Crippen LogP contribution in [0.2, 0.25) is 0 Å². The van der Waals surface area contributed by atoms with E-state index in [-0.39, 0.29) is 11.8 Å². The summed E-state index contributed by atoms with van der Waals surface area (Å²) in [7, 11) is 0. The summed E-state index contributed by atoms with van der Waals surface area (Å²) in [6, 6.07) is 9.57. The number of amides is 1. The molecule has 0 radical (unpaired) electrons. The van der Waals surface area contributed by atoms with Crippen LogP contribution in [0.1, 0.15) is 19.4 Å². The zero-order valence-corrected chi connectivity index (χ0v) is 11.1. The Morgan fingerprint density at radius 3 is 2.61 bits per heavy atom. The van der Waals surface area contributed by atoms with Gasteiger partial charge < -0.3 is 15.8 Å². The van der Waals surface area contributed by atoms with Crippen LogP contribution < -0.4 is 11.1 Å². The first-order valence-electron chi connectivity index (χ1n) is 6.24. The second-order valence-corrected chi connectivity index (χ2v) is 4.64. The Morgan fingerprint density at radius 1 is 1.33 bits per heavy atom. The normalized spacial score (nSPS) is 13.9. The molecule has 1 unspecified atom stereocenters. The zero-order valence-electron chi connectivity index (χ0n) is 11.1. The minimum Gasteiger partial charge on any atom is -0.376 e. The highest BCUT2D eigenvalue weighted by Crippen LogP contribution is 2.02. The monoisotopic (exact) mass is 250 g/mol. The number of carbonyl (C=O) groups excluding carboxylic acids is 1. The van der Waals surface area contributed by atoms with Crippen molar-refractivity contribution in [2.45, 2.75) is 26.5 Å². The van der Waals surface area contributed by atoms with Crippen LogP contribution in [0.3, 0.4) is 0 Å². The molecular formula is C14H22N2O2. The number of rotatable bonds is 7. The second kappa shape index (κ2) is 7.84. The second-order valence-electron chi connectivity index (χ2n) is 4.64. The Kier molecular flexibility index (Phi) is 6.39.